The van der Waals surface area contributed by atoms with Crippen LogP contribution in [-0.2, 0) is 14.3 Å². The Labute approximate surface area is 190 Å². The Balaban J connectivity index is 1.49. The van der Waals surface area contributed by atoms with E-state index in [1.807, 2.05) is 0 Å². The molecule has 33 heavy (non-hydrogen) atoms. The molecule has 176 valence electrons. The summed E-state index contributed by atoms with van der Waals surface area (Å²) in [6, 6.07) is 3.87. The maximum Gasteiger partial charge on any atom is 0.407 e. The highest BCUT2D eigenvalue weighted by atomic mass is 16.5. The van der Waals surface area contributed by atoms with Gasteiger partial charge in [-0.25, -0.2) is 4.79 Å². The first kappa shape index (κ1) is 22.7. The van der Waals surface area contributed by atoms with E-state index >= 15 is 0 Å². The van der Waals surface area contributed by atoms with Gasteiger partial charge in [-0.3, -0.25) is 29.4 Å². The molecule has 1 aliphatic carbocycles. The molecule has 1 saturated heterocycles. The molecule has 3 N–H and O–H groups in total. The molecule has 4 rings (SSSR count). The summed E-state index contributed by atoms with van der Waals surface area (Å²) in [5, 5.41) is 14.4. The summed E-state index contributed by atoms with van der Waals surface area (Å²) in [4.78, 5) is 63.0. The van der Waals surface area contributed by atoms with Gasteiger partial charge in [0, 0.05) is 25.7 Å². The van der Waals surface area contributed by atoms with E-state index in [1.54, 1.807) is 18.2 Å². The molecule has 2 aliphatic heterocycles. The van der Waals surface area contributed by atoms with Crippen LogP contribution in [-0.4, -0.2) is 76.6 Å². The minimum atomic E-state index is -1.02. The van der Waals surface area contributed by atoms with Crippen molar-refractivity contribution in [3.8, 4) is 0 Å². The molecule has 1 aromatic carbocycles. The summed E-state index contributed by atoms with van der Waals surface area (Å²) in [5.41, 5.74) is 0.130. The van der Waals surface area contributed by atoms with Crippen LogP contribution in [0.15, 0.2) is 18.2 Å². The van der Waals surface area contributed by atoms with Crippen molar-refractivity contribution in [3.63, 3.8) is 0 Å². The number of nitrogens with zero attached hydrogens (tertiary/aromatic N) is 2. The molecule has 0 aromatic heterocycles. The van der Waals surface area contributed by atoms with Gasteiger partial charge in [-0.1, -0.05) is 6.07 Å². The van der Waals surface area contributed by atoms with E-state index in [0.29, 0.717) is 38.1 Å². The van der Waals surface area contributed by atoms with Crippen molar-refractivity contribution in [2.24, 2.45) is 0 Å². The monoisotopic (exact) mass is 458 g/mol. The molecule has 2 fully saturated rings. The standard InChI is InChI=1S/C22H26N4O7/c1-25(21(31)32)11-4-12-33-22(9-3-10-22)24-14-6-2-5-13-17(14)20(30)26(19(13)29)15-7-8-16(27)23-18(15)28/h2,5-6,15,24H,3-4,7-12H2,1H3,(H,31,32)(H,23,27,28). The normalized spacial score (nSPS) is 21.4. The van der Waals surface area contributed by atoms with Crippen LogP contribution in [0.1, 0.15) is 59.2 Å². The van der Waals surface area contributed by atoms with Crippen LogP contribution in [0.2, 0.25) is 0 Å². The van der Waals surface area contributed by atoms with Crippen molar-refractivity contribution >= 4 is 35.4 Å². The second kappa shape index (κ2) is 8.81. The van der Waals surface area contributed by atoms with Crippen LogP contribution in [0.5, 0.6) is 0 Å². The number of anilines is 1. The van der Waals surface area contributed by atoms with E-state index in [2.05, 4.69) is 10.6 Å². The Hall–Kier alpha value is -3.47. The van der Waals surface area contributed by atoms with Crippen LogP contribution in [0.3, 0.4) is 0 Å². The molecule has 1 atom stereocenters. The smallest absolute Gasteiger partial charge is 0.407 e. The molecule has 11 heteroatoms. The molecule has 5 amide bonds. The molecule has 1 saturated carbocycles. The van der Waals surface area contributed by atoms with Gasteiger partial charge in [0.1, 0.15) is 11.8 Å². The van der Waals surface area contributed by atoms with Crippen LogP contribution in [0.25, 0.3) is 0 Å². The maximum absolute atomic E-state index is 13.2. The SMILES string of the molecule is CN(CCCOC1(Nc2cccc3c2C(=O)N(C2CCC(=O)NC2=O)C3=O)CCC1)C(=O)O. The third kappa shape index (κ3) is 4.28. The van der Waals surface area contributed by atoms with Gasteiger partial charge in [0.15, 0.2) is 0 Å². The molecule has 0 spiro atoms. The minimum absolute atomic E-state index is 0.0585. The number of carbonyl (C=O) groups excluding carboxylic acids is 4. The molecule has 11 nitrogen and oxygen atoms in total. The Bertz CT molecular complexity index is 1020. The second-order valence-corrected chi connectivity index (χ2v) is 8.55. The number of amides is 5. The van der Waals surface area contributed by atoms with Gasteiger partial charge in [0.25, 0.3) is 11.8 Å². The Morgan fingerprint density at radius 3 is 2.67 bits per heavy atom. The molecule has 0 radical (unpaired) electrons. The van der Waals surface area contributed by atoms with E-state index in [-0.39, 0.29) is 24.0 Å². The zero-order chi connectivity index (χ0) is 23.8. The minimum Gasteiger partial charge on any atom is -0.465 e. The molecule has 1 unspecified atom stereocenters. The molecular formula is C22H26N4O7. The predicted molar refractivity (Wildman–Crippen MR) is 115 cm³/mol. The molecular weight excluding hydrogens is 432 g/mol. The molecule has 2 heterocycles. The molecule has 1 aromatic rings. The molecule has 3 aliphatic rings. The number of imide groups is 2. The van der Waals surface area contributed by atoms with Gasteiger partial charge in [-0.2, -0.15) is 0 Å². The van der Waals surface area contributed by atoms with Crippen LogP contribution < -0.4 is 10.6 Å². The number of ether oxygens (including phenoxy) is 1. The van der Waals surface area contributed by atoms with Crippen molar-refractivity contribution in [1.82, 2.24) is 15.1 Å². The van der Waals surface area contributed by atoms with Gasteiger partial charge >= 0.3 is 6.09 Å². The number of carbonyl (C=O) groups is 5. The van der Waals surface area contributed by atoms with Gasteiger partial charge in [0.2, 0.25) is 11.8 Å². The van der Waals surface area contributed by atoms with Crippen molar-refractivity contribution in [2.75, 3.05) is 25.5 Å². The first-order chi connectivity index (χ1) is 15.7. The highest BCUT2D eigenvalue weighted by molar-refractivity contribution is 6.25. The van der Waals surface area contributed by atoms with E-state index < -0.39 is 41.5 Å². The lowest BCUT2D eigenvalue weighted by Gasteiger charge is -2.43. The van der Waals surface area contributed by atoms with E-state index in [0.717, 1.165) is 11.3 Å². The van der Waals surface area contributed by atoms with E-state index in [9.17, 15) is 24.0 Å². The van der Waals surface area contributed by atoms with Gasteiger partial charge in [-0.05, 0) is 44.2 Å². The number of hydrogen-bond donors (Lipinski definition) is 3. The quantitative estimate of drug-likeness (QED) is 0.301. The Morgan fingerprint density at radius 1 is 1.27 bits per heavy atom. The van der Waals surface area contributed by atoms with Crippen molar-refractivity contribution in [2.45, 2.75) is 50.3 Å². The average Bonchev–Trinajstić information content (AvgIpc) is 3.00. The fraction of sp³-hybridized carbons (Fsp3) is 0.500. The number of nitrogens with one attached hydrogen (secondary N) is 2. The van der Waals surface area contributed by atoms with Gasteiger partial charge < -0.3 is 20.1 Å². The number of piperidine rings is 1. The number of rotatable bonds is 8. The van der Waals surface area contributed by atoms with Crippen LogP contribution >= 0.6 is 0 Å². The lowest BCUT2D eigenvalue weighted by atomic mass is 9.87. The van der Waals surface area contributed by atoms with E-state index in [1.165, 1.54) is 11.9 Å². The zero-order valence-corrected chi connectivity index (χ0v) is 18.3. The summed E-state index contributed by atoms with van der Waals surface area (Å²) in [6.07, 6.45) is 1.98. The number of hydrogen-bond acceptors (Lipinski definition) is 7. The van der Waals surface area contributed by atoms with Crippen molar-refractivity contribution in [3.05, 3.63) is 29.3 Å². The summed E-state index contributed by atoms with van der Waals surface area (Å²) < 4.78 is 6.05. The second-order valence-electron chi connectivity index (χ2n) is 8.55. The lowest BCUT2D eigenvalue weighted by Crippen LogP contribution is -2.54. The highest BCUT2D eigenvalue weighted by Crippen LogP contribution is 2.40. The number of carboxylic acid groups (broad SMARTS) is 1. The summed E-state index contributed by atoms with van der Waals surface area (Å²) >= 11 is 0. The topological polar surface area (TPSA) is 145 Å². The Kier molecular flexibility index (Phi) is 6.07. The average molecular weight is 458 g/mol. The summed E-state index contributed by atoms with van der Waals surface area (Å²) in [6.45, 7) is 0.662. The largest absolute Gasteiger partial charge is 0.465 e. The summed E-state index contributed by atoms with van der Waals surface area (Å²) in [7, 11) is 1.49. The van der Waals surface area contributed by atoms with Crippen LogP contribution in [0.4, 0.5) is 10.5 Å². The maximum atomic E-state index is 13.2. The van der Waals surface area contributed by atoms with Gasteiger partial charge in [-0.15, -0.1) is 0 Å². The highest BCUT2D eigenvalue weighted by Gasteiger charge is 2.47. The lowest BCUT2D eigenvalue weighted by molar-refractivity contribution is -0.136. The Morgan fingerprint density at radius 2 is 2.03 bits per heavy atom. The fourth-order valence-electron chi connectivity index (χ4n) is 4.33. The fourth-order valence-corrected chi connectivity index (χ4v) is 4.33. The molecule has 0 bridgehead atoms. The first-order valence-corrected chi connectivity index (χ1v) is 10.9. The van der Waals surface area contributed by atoms with Crippen molar-refractivity contribution < 1.29 is 33.8 Å². The van der Waals surface area contributed by atoms with E-state index in [4.69, 9.17) is 9.84 Å². The third-order valence-corrected chi connectivity index (χ3v) is 6.33. The third-order valence-electron chi connectivity index (χ3n) is 6.33. The van der Waals surface area contributed by atoms with Crippen LogP contribution in [0, 0.1) is 0 Å². The predicted octanol–water partition coefficient (Wildman–Crippen LogP) is 1.40. The first-order valence-electron chi connectivity index (χ1n) is 10.9. The van der Waals surface area contributed by atoms with Crippen molar-refractivity contribution in [1.29, 1.82) is 0 Å². The number of fused-ring (bicyclic) bond motifs is 1. The zero-order valence-electron chi connectivity index (χ0n) is 18.3. The number of benzene rings is 1. The van der Waals surface area contributed by atoms with Gasteiger partial charge in [0.05, 0.1) is 17.7 Å². The summed E-state index contributed by atoms with van der Waals surface area (Å²) in [5.74, 6) is -2.21.